The second-order valence-corrected chi connectivity index (χ2v) is 5.26. The molecule has 0 saturated carbocycles. The van der Waals surface area contributed by atoms with Crippen LogP contribution in [0.15, 0.2) is 42.5 Å². The molecule has 0 fully saturated rings. The largest absolute Gasteiger partial charge is 0.497 e. The van der Waals surface area contributed by atoms with Crippen molar-refractivity contribution in [2.45, 2.75) is 6.54 Å². The van der Waals surface area contributed by atoms with E-state index in [1.807, 2.05) is 0 Å². The Labute approximate surface area is 143 Å². The monoisotopic (exact) mass is 349 g/mol. The summed E-state index contributed by atoms with van der Waals surface area (Å²) in [4.78, 5) is 25.1. The lowest BCUT2D eigenvalue weighted by Crippen LogP contribution is -2.31. The molecule has 0 aliphatic rings. The van der Waals surface area contributed by atoms with Crippen LogP contribution >= 0.6 is 0 Å². The number of methoxy groups -OCH3 is 1. The first kappa shape index (κ1) is 18.4. The molecule has 0 bridgehead atoms. The summed E-state index contributed by atoms with van der Waals surface area (Å²) in [7, 11) is 2.83. The van der Waals surface area contributed by atoms with Crippen molar-refractivity contribution in [1.29, 1.82) is 0 Å². The molecule has 0 aromatic heterocycles. The van der Waals surface area contributed by atoms with Gasteiger partial charge in [-0.2, -0.15) is 0 Å². The third kappa shape index (κ3) is 4.76. The van der Waals surface area contributed by atoms with Crippen molar-refractivity contribution in [1.82, 2.24) is 4.90 Å². The van der Waals surface area contributed by atoms with Crippen molar-refractivity contribution >= 4 is 11.9 Å². The minimum Gasteiger partial charge on any atom is -0.497 e. The predicted molar refractivity (Wildman–Crippen MR) is 86.1 cm³/mol. The molecule has 0 aliphatic heterocycles. The first-order chi connectivity index (χ1) is 11.9. The molecular formula is C18H17F2NO4. The summed E-state index contributed by atoms with van der Waals surface area (Å²) >= 11 is 0. The van der Waals surface area contributed by atoms with Gasteiger partial charge in [-0.25, -0.2) is 13.6 Å². The van der Waals surface area contributed by atoms with E-state index in [-0.39, 0.29) is 17.9 Å². The molecular weight excluding hydrogens is 332 g/mol. The smallest absolute Gasteiger partial charge is 0.341 e. The maximum atomic E-state index is 13.8. The van der Waals surface area contributed by atoms with Crippen LogP contribution in [0.25, 0.3) is 0 Å². The molecule has 2 aromatic carbocycles. The van der Waals surface area contributed by atoms with Crippen LogP contribution < -0.4 is 4.74 Å². The highest BCUT2D eigenvalue weighted by Crippen LogP contribution is 2.17. The highest BCUT2D eigenvalue weighted by Gasteiger charge is 2.18. The maximum absolute atomic E-state index is 13.8. The van der Waals surface area contributed by atoms with Crippen LogP contribution in [-0.4, -0.2) is 37.5 Å². The number of hydrogen-bond donors (Lipinski definition) is 0. The fraction of sp³-hybridized carbons (Fsp3) is 0.222. The maximum Gasteiger partial charge on any atom is 0.341 e. The van der Waals surface area contributed by atoms with Gasteiger partial charge in [-0.05, 0) is 18.2 Å². The van der Waals surface area contributed by atoms with Gasteiger partial charge in [0, 0.05) is 25.2 Å². The topological polar surface area (TPSA) is 55.8 Å². The van der Waals surface area contributed by atoms with Gasteiger partial charge < -0.3 is 14.4 Å². The second kappa shape index (κ2) is 8.23. The number of carbonyl (C=O) groups excluding carboxylic acids is 2. The highest BCUT2D eigenvalue weighted by atomic mass is 19.1. The Morgan fingerprint density at radius 2 is 1.80 bits per heavy atom. The minimum atomic E-state index is -0.965. The minimum absolute atomic E-state index is 0.0277. The van der Waals surface area contributed by atoms with Gasteiger partial charge >= 0.3 is 5.97 Å². The molecule has 0 atom stereocenters. The van der Waals surface area contributed by atoms with Gasteiger partial charge in [0.15, 0.2) is 6.61 Å². The molecule has 0 aliphatic carbocycles. The van der Waals surface area contributed by atoms with Crippen molar-refractivity contribution in [2.75, 3.05) is 20.8 Å². The van der Waals surface area contributed by atoms with Crippen molar-refractivity contribution in [3.63, 3.8) is 0 Å². The zero-order chi connectivity index (χ0) is 18.4. The van der Waals surface area contributed by atoms with E-state index >= 15 is 0 Å². The summed E-state index contributed by atoms with van der Waals surface area (Å²) in [5.74, 6) is -2.48. The van der Waals surface area contributed by atoms with Crippen LogP contribution in [0, 0.1) is 11.6 Å². The van der Waals surface area contributed by atoms with Crippen molar-refractivity contribution < 1.29 is 27.8 Å². The van der Waals surface area contributed by atoms with E-state index < -0.39 is 30.1 Å². The van der Waals surface area contributed by atoms with Crippen LogP contribution in [0.4, 0.5) is 8.78 Å². The predicted octanol–water partition coefficient (Wildman–Crippen LogP) is 2.79. The van der Waals surface area contributed by atoms with Crippen LogP contribution in [0.2, 0.25) is 0 Å². The summed E-state index contributed by atoms with van der Waals surface area (Å²) in [6, 6.07) is 9.71. The summed E-state index contributed by atoms with van der Waals surface area (Å²) < 4.78 is 37.0. The molecule has 7 heteroatoms. The van der Waals surface area contributed by atoms with Gasteiger partial charge in [-0.3, -0.25) is 4.79 Å². The number of ether oxygens (including phenoxy) is 2. The zero-order valence-corrected chi connectivity index (χ0v) is 13.8. The molecule has 0 unspecified atom stereocenters. The van der Waals surface area contributed by atoms with Crippen molar-refractivity contribution in [3.8, 4) is 5.75 Å². The highest BCUT2D eigenvalue weighted by molar-refractivity contribution is 5.91. The van der Waals surface area contributed by atoms with Crippen LogP contribution in [-0.2, 0) is 16.1 Å². The third-order valence-electron chi connectivity index (χ3n) is 3.51. The first-order valence-corrected chi connectivity index (χ1v) is 7.40. The molecule has 0 radical (unpaired) electrons. The number of esters is 1. The van der Waals surface area contributed by atoms with E-state index in [0.29, 0.717) is 5.56 Å². The van der Waals surface area contributed by atoms with Crippen molar-refractivity contribution in [3.05, 3.63) is 65.2 Å². The number of amides is 1. The van der Waals surface area contributed by atoms with Crippen LogP contribution in [0.5, 0.6) is 5.75 Å². The van der Waals surface area contributed by atoms with E-state index in [9.17, 15) is 18.4 Å². The molecule has 0 N–H and O–H groups in total. The van der Waals surface area contributed by atoms with Crippen LogP contribution in [0.1, 0.15) is 15.9 Å². The molecule has 0 saturated heterocycles. The normalized spacial score (nSPS) is 10.2. The van der Waals surface area contributed by atoms with Gasteiger partial charge in [0.1, 0.15) is 17.4 Å². The molecule has 0 heterocycles. The Bertz CT molecular complexity index is 779. The molecule has 2 rings (SSSR count). The summed E-state index contributed by atoms with van der Waals surface area (Å²) in [5.41, 5.74) is 0.0382. The molecule has 0 spiro atoms. The molecule has 5 nitrogen and oxygen atoms in total. The average Bonchev–Trinajstić information content (AvgIpc) is 2.61. The SMILES string of the molecule is COc1ccc(C(=O)OCC(=O)N(C)Cc2ccccc2F)c(F)c1. The summed E-state index contributed by atoms with van der Waals surface area (Å²) in [5, 5.41) is 0. The first-order valence-electron chi connectivity index (χ1n) is 7.40. The fourth-order valence-electron chi connectivity index (χ4n) is 2.07. The Morgan fingerprint density at radius 1 is 1.08 bits per heavy atom. The number of nitrogens with zero attached hydrogens (tertiary/aromatic N) is 1. The van der Waals surface area contributed by atoms with Crippen molar-refractivity contribution in [2.24, 2.45) is 0 Å². The summed E-state index contributed by atoms with van der Waals surface area (Å²) in [6.07, 6.45) is 0. The number of hydrogen-bond acceptors (Lipinski definition) is 4. The summed E-state index contributed by atoms with van der Waals surface area (Å²) in [6.45, 7) is -0.546. The van der Waals surface area contributed by atoms with E-state index in [2.05, 4.69) is 0 Å². The van der Waals surface area contributed by atoms with E-state index in [0.717, 1.165) is 6.07 Å². The molecule has 1 amide bonds. The number of benzene rings is 2. The Balaban J connectivity index is 1.92. The molecule has 132 valence electrons. The number of carbonyl (C=O) groups is 2. The third-order valence-corrected chi connectivity index (χ3v) is 3.51. The van der Waals surface area contributed by atoms with Crippen LogP contribution in [0.3, 0.4) is 0 Å². The molecule has 2 aromatic rings. The standard InChI is InChI=1S/C18H17F2NO4/c1-21(10-12-5-3-4-6-15(12)19)17(22)11-25-18(23)14-8-7-13(24-2)9-16(14)20/h3-9H,10-11H2,1-2H3. The number of rotatable bonds is 6. The van der Waals surface area contributed by atoms with E-state index in [1.54, 1.807) is 18.2 Å². The van der Waals surface area contributed by atoms with E-state index in [1.165, 1.54) is 37.3 Å². The lowest BCUT2D eigenvalue weighted by atomic mass is 10.2. The lowest BCUT2D eigenvalue weighted by molar-refractivity contribution is -0.133. The average molecular weight is 349 g/mol. The van der Waals surface area contributed by atoms with Gasteiger partial charge in [-0.15, -0.1) is 0 Å². The number of likely N-dealkylation sites (N-methyl/N-ethyl adjacent to an activating group) is 1. The van der Waals surface area contributed by atoms with E-state index in [4.69, 9.17) is 9.47 Å². The van der Waals surface area contributed by atoms with Gasteiger partial charge in [-0.1, -0.05) is 18.2 Å². The molecule has 25 heavy (non-hydrogen) atoms. The van der Waals surface area contributed by atoms with Gasteiger partial charge in [0.2, 0.25) is 0 Å². The Hall–Kier alpha value is -2.96. The van der Waals surface area contributed by atoms with Gasteiger partial charge in [0.05, 0.1) is 12.7 Å². The van der Waals surface area contributed by atoms with Gasteiger partial charge in [0.25, 0.3) is 5.91 Å². The zero-order valence-electron chi connectivity index (χ0n) is 13.8. The number of halogens is 2. The fourth-order valence-corrected chi connectivity index (χ4v) is 2.07. The lowest BCUT2D eigenvalue weighted by Gasteiger charge is -2.17. The second-order valence-electron chi connectivity index (χ2n) is 5.26. The Morgan fingerprint density at radius 3 is 2.44 bits per heavy atom. The Kier molecular flexibility index (Phi) is 6.05. The quantitative estimate of drug-likeness (QED) is 0.753.